The number of urea groups is 1. The fourth-order valence-corrected chi connectivity index (χ4v) is 4.55. The predicted molar refractivity (Wildman–Crippen MR) is 90.0 cm³/mol. The maximum Gasteiger partial charge on any atom is 0.315 e. The van der Waals surface area contributed by atoms with Crippen molar-refractivity contribution in [1.82, 2.24) is 10.6 Å². The Hall–Kier alpha value is -0.720. The van der Waals surface area contributed by atoms with Crippen LogP contribution < -0.4 is 10.6 Å². The molecule has 2 rings (SSSR count). The topological polar surface area (TPSA) is 61.4 Å². The lowest BCUT2D eigenvalue weighted by Crippen LogP contribution is -2.45. The summed E-state index contributed by atoms with van der Waals surface area (Å²) in [4.78, 5) is 11.9. The van der Waals surface area contributed by atoms with Gasteiger partial charge in [0.15, 0.2) is 0 Å². The minimum absolute atomic E-state index is 0.170. The van der Waals surface area contributed by atoms with E-state index in [1.807, 2.05) is 28.6 Å². The molecule has 1 aromatic heterocycles. The second kappa shape index (κ2) is 8.66. The van der Waals surface area contributed by atoms with E-state index >= 15 is 0 Å². The standard InChI is InChI=1S/C15H24N2O2S2/c1-2-21-13-5-3-4-12(8-13)17-15(19)16-9-14(18)11-6-7-20-10-11/h6-7,10,12-14,18H,2-5,8-9H2,1H3,(H2,16,17,19)/t12-,13+,14-/m0/s1. The summed E-state index contributed by atoms with van der Waals surface area (Å²) < 4.78 is 0. The Kier molecular flexibility index (Phi) is 6.86. The number of carbonyl (C=O) groups is 1. The van der Waals surface area contributed by atoms with Gasteiger partial charge in [-0.15, -0.1) is 0 Å². The largest absolute Gasteiger partial charge is 0.387 e. The SMILES string of the molecule is CCS[C@@H]1CCC[C@H](NC(=O)NC[C@H](O)c2ccsc2)C1. The summed E-state index contributed by atoms with van der Waals surface area (Å²) in [5, 5.41) is 20.2. The number of rotatable bonds is 6. The number of thioether (sulfide) groups is 1. The van der Waals surface area contributed by atoms with E-state index in [2.05, 4.69) is 17.6 Å². The van der Waals surface area contributed by atoms with Crippen LogP contribution in [-0.2, 0) is 0 Å². The Labute approximate surface area is 134 Å². The van der Waals surface area contributed by atoms with E-state index in [1.54, 1.807) is 11.3 Å². The number of thiophene rings is 1. The van der Waals surface area contributed by atoms with Crippen molar-refractivity contribution in [2.75, 3.05) is 12.3 Å². The first-order chi connectivity index (χ1) is 10.2. The van der Waals surface area contributed by atoms with E-state index < -0.39 is 6.10 Å². The highest BCUT2D eigenvalue weighted by atomic mass is 32.2. The molecular weight excluding hydrogens is 304 g/mol. The molecule has 0 saturated heterocycles. The number of hydrogen-bond donors (Lipinski definition) is 3. The third kappa shape index (κ3) is 5.52. The molecule has 0 aromatic carbocycles. The van der Waals surface area contributed by atoms with Crippen molar-refractivity contribution in [2.45, 2.75) is 50.0 Å². The molecule has 0 unspecified atom stereocenters. The Bertz CT molecular complexity index is 423. The molecule has 1 heterocycles. The third-order valence-corrected chi connectivity index (χ3v) is 5.68. The van der Waals surface area contributed by atoms with Crippen LogP contribution in [0.25, 0.3) is 0 Å². The van der Waals surface area contributed by atoms with Crippen LogP contribution in [0.15, 0.2) is 16.8 Å². The van der Waals surface area contributed by atoms with Crippen LogP contribution in [0.3, 0.4) is 0 Å². The van der Waals surface area contributed by atoms with E-state index in [0.29, 0.717) is 5.25 Å². The average molecular weight is 329 g/mol. The van der Waals surface area contributed by atoms with Gasteiger partial charge in [0.25, 0.3) is 0 Å². The summed E-state index contributed by atoms with van der Waals surface area (Å²) in [6.07, 6.45) is 3.92. The number of aliphatic hydroxyl groups is 1. The zero-order chi connectivity index (χ0) is 15.1. The minimum Gasteiger partial charge on any atom is -0.387 e. The molecule has 0 spiro atoms. The highest BCUT2D eigenvalue weighted by Crippen LogP contribution is 2.28. The van der Waals surface area contributed by atoms with Gasteiger partial charge in [-0.25, -0.2) is 4.79 Å². The Morgan fingerprint density at radius 3 is 3.14 bits per heavy atom. The number of carbonyl (C=O) groups excluding carboxylic acids is 1. The van der Waals surface area contributed by atoms with E-state index in [9.17, 15) is 9.90 Å². The van der Waals surface area contributed by atoms with Gasteiger partial charge in [-0.2, -0.15) is 23.1 Å². The van der Waals surface area contributed by atoms with Crippen LogP contribution in [0.4, 0.5) is 4.79 Å². The first-order valence-corrected chi connectivity index (χ1v) is 9.54. The van der Waals surface area contributed by atoms with Crippen molar-refractivity contribution < 1.29 is 9.90 Å². The second-order valence-electron chi connectivity index (χ2n) is 5.37. The van der Waals surface area contributed by atoms with E-state index in [1.165, 1.54) is 12.8 Å². The van der Waals surface area contributed by atoms with Crippen molar-refractivity contribution in [3.05, 3.63) is 22.4 Å². The molecular formula is C15H24N2O2S2. The van der Waals surface area contributed by atoms with Gasteiger partial charge in [-0.3, -0.25) is 0 Å². The summed E-state index contributed by atoms with van der Waals surface area (Å²) in [7, 11) is 0. The van der Waals surface area contributed by atoms with Gasteiger partial charge >= 0.3 is 6.03 Å². The predicted octanol–water partition coefficient (Wildman–Crippen LogP) is 3.15. The molecule has 118 valence electrons. The lowest BCUT2D eigenvalue weighted by Gasteiger charge is -2.29. The van der Waals surface area contributed by atoms with E-state index in [4.69, 9.17) is 0 Å². The Balaban J connectivity index is 1.69. The van der Waals surface area contributed by atoms with Gasteiger partial charge in [0, 0.05) is 17.8 Å². The molecule has 6 heteroatoms. The molecule has 0 radical (unpaired) electrons. The Morgan fingerprint density at radius 1 is 1.57 bits per heavy atom. The summed E-state index contributed by atoms with van der Waals surface area (Å²) in [5.74, 6) is 1.14. The fourth-order valence-electron chi connectivity index (χ4n) is 2.67. The van der Waals surface area contributed by atoms with E-state index in [-0.39, 0.29) is 18.6 Å². The maximum absolute atomic E-state index is 11.9. The van der Waals surface area contributed by atoms with Crippen LogP contribution in [0.2, 0.25) is 0 Å². The minimum atomic E-state index is -0.628. The molecule has 0 aliphatic heterocycles. The summed E-state index contributed by atoms with van der Waals surface area (Å²) in [5.41, 5.74) is 0.859. The van der Waals surface area contributed by atoms with Gasteiger partial charge in [-0.05, 0) is 47.4 Å². The zero-order valence-corrected chi connectivity index (χ0v) is 14.0. The lowest BCUT2D eigenvalue weighted by molar-refractivity contribution is 0.172. The molecule has 0 bridgehead atoms. The van der Waals surface area contributed by atoms with Crippen molar-refractivity contribution in [2.24, 2.45) is 0 Å². The smallest absolute Gasteiger partial charge is 0.315 e. The molecule has 1 fully saturated rings. The molecule has 1 saturated carbocycles. The lowest BCUT2D eigenvalue weighted by atomic mass is 9.95. The fraction of sp³-hybridized carbons (Fsp3) is 0.667. The number of nitrogens with one attached hydrogen (secondary N) is 2. The van der Waals surface area contributed by atoms with Crippen molar-refractivity contribution in [1.29, 1.82) is 0 Å². The normalized spacial score (nSPS) is 23.5. The molecule has 1 aliphatic carbocycles. The molecule has 3 atom stereocenters. The van der Waals surface area contributed by atoms with Crippen molar-refractivity contribution in [3.8, 4) is 0 Å². The first kappa shape index (κ1) is 16.6. The third-order valence-electron chi connectivity index (χ3n) is 3.75. The van der Waals surface area contributed by atoms with Crippen molar-refractivity contribution >= 4 is 29.1 Å². The molecule has 1 aromatic rings. The second-order valence-corrected chi connectivity index (χ2v) is 7.73. The molecule has 21 heavy (non-hydrogen) atoms. The van der Waals surface area contributed by atoms with Gasteiger partial charge in [0.2, 0.25) is 0 Å². The van der Waals surface area contributed by atoms with Crippen LogP contribution in [0.5, 0.6) is 0 Å². The van der Waals surface area contributed by atoms with Crippen LogP contribution >= 0.6 is 23.1 Å². The maximum atomic E-state index is 11.9. The van der Waals surface area contributed by atoms with Gasteiger partial charge in [-0.1, -0.05) is 13.3 Å². The molecule has 4 nitrogen and oxygen atoms in total. The van der Waals surface area contributed by atoms with E-state index in [0.717, 1.165) is 24.2 Å². The van der Waals surface area contributed by atoms with Crippen LogP contribution in [-0.4, -0.2) is 34.7 Å². The molecule has 1 aliphatic rings. The number of hydrogen-bond acceptors (Lipinski definition) is 4. The van der Waals surface area contributed by atoms with Gasteiger partial charge in [0.1, 0.15) is 0 Å². The van der Waals surface area contributed by atoms with Crippen LogP contribution in [0, 0.1) is 0 Å². The monoisotopic (exact) mass is 328 g/mol. The number of amides is 2. The molecule has 2 amide bonds. The first-order valence-electron chi connectivity index (χ1n) is 7.55. The van der Waals surface area contributed by atoms with Gasteiger partial charge < -0.3 is 15.7 Å². The van der Waals surface area contributed by atoms with Crippen LogP contribution in [0.1, 0.15) is 44.3 Å². The summed E-state index contributed by atoms with van der Waals surface area (Å²) >= 11 is 3.53. The Morgan fingerprint density at radius 2 is 2.43 bits per heavy atom. The number of aliphatic hydroxyl groups excluding tert-OH is 1. The zero-order valence-electron chi connectivity index (χ0n) is 12.4. The van der Waals surface area contributed by atoms with Gasteiger partial charge in [0.05, 0.1) is 6.10 Å². The molecule has 3 N–H and O–H groups in total. The highest BCUT2D eigenvalue weighted by molar-refractivity contribution is 7.99. The summed E-state index contributed by atoms with van der Waals surface area (Å²) in [6, 6.07) is 1.97. The summed E-state index contributed by atoms with van der Waals surface area (Å²) in [6.45, 7) is 2.43. The highest BCUT2D eigenvalue weighted by Gasteiger charge is 2.23. The average Bonchev–Trinajstić information content (AvgIpc) is 3.00. The quantitative estimate of drug-likeness (QED) is 0.752. The van der Waals surface area contributed by atoms with Crippen molar-refractivity contribution in [3.63, 3.8) is 0 Å².